The predicted molar refractivity (Wildman–Crippen MR) is 78.3 cm³/mol. The number of hydrogen-bond donors (Lipinski definition) is 1. The van der Waals surface area contributed by atoms with Crippen molar-refractivity contribution in [1.82, 2.24) is 20.0 Å². The molecule has 20 heavy (non-hydrogen) atoms. The Morgan fingerprint density at radius 3 is 2.60 bits per heavy atom. The number of aromatic nitrogens is 3. The van der Waals surface area contributed by atoms with Gasteiger partial charge in [-0.2, -0.15) is 0 Å². The van der Waals surface area contributed by atoms with Gasteiger partial charge in [0.2, 0.25) is 0 Å². The van der Waals surface area contributed by atoms with Crippen LogP contribution in [0, 0.1) is 19.3 Å². The third-order valence-electron chi connectivity index (χ3n) is 3.70. The van der Waals surface area contributed by atoms with E-state index in [-0.39, 0.29) is 5.41 Å². The van der Waals surface area contributed by atoms with Gasteiger partial charge >= 0.3 is 0 Å². The lowest BCUT2D eigenvalue weighted by atomic mass is 9.86. The number of nitrogens with zero attached hydrogens (tertiary/aromatic N) is 3. The summed E-state index contributed by atoms with van der Waals surface area (Å²) < 4.78 is 7.32. The van der Waals surface area contributed by atoms with E-state index < -0.39 is 0 Å². The summed E-state index contributed by atoms with van der Waals surface area (Å²) in [4.78, 5) is 4.11. The van der Waals surface area contributed by atoms with Crippen LogP contribution >= 0.6 is 0 Å². The standard InChI is InChI=1S/C15H24N4O/c1-11-13(12(2)20-18-11)8-17-14(15(3,4)5)9-19-7-6-16-10-19/h6-7,10,14,17H,8-9H2,1-5H3. The molecule has 0 fully saturated rings. The zero-order valence-corrected chi connectivity index (χ0v) is 13.0. The molecular formula is C15H24N4O. The average molecular weight is 276 g/mol. The Bertz CT molecular complexity index is 517. The molecule has 2 aromatic heterocycles. The zero-order chi connectivity index (χ0) is 14.8. The monoisotopic (exact) mass is 276 g/mol. The summed E-state index contributed by atoms with van der Waals surface area (Å²) in [6.45, 7) is 12.3. The van der Waals surface area contributed by atoms with E-state index in [9.17, 15) is 0 Å². The van der Waals surface area contributed by atoms with Crippen LogP contribution in [-0.4, -0.2) is 20.7 Å². The topological polar surface area (TPSA) is 55.9 Å². The third-order valence-corrected chi connectivity index (χ3v) is 3.70. The van der Waals surface area contributed by atoms with Crippen molar-refractivity contribution in [3.8, 4) is 0 Å². The van der Waals surface area contributed by atoms with Gasteiger partial charge in [0.05, 0.1) is 12.0 Å². The summed E-state index contributed by atoms with van der Waals surface area (Å²) in [7, 11) is 0. The second-order valence-electron chi connectivity index (χ2n) is 6.36. The first kappa shape index (κ1) is 14.8. The summed E-state index contributed by atoms with van der Waals surface area (Å²) in [6.07, 6.45) is 5.67. The van der Waals surface area contributed by atoms with E-state index in [2.05, 4.69) is 40.8 Å². The minimum atomic E-state index is 0.156. The van der Waals surface area contributed by atoms with Gasteiger partial charge in [0.25, 0.3) is 0 Å². The van der Waals surface area contributed by atoms with E-state index in [1.807, 2.05) is 32.6 Å². The predicted octanol–water partition coefficient (Wildman–Crippen LogP) is 2.69. The first-order valence-corrected chi connectivity index (χ1v) is 6.99. The van der Waals surface area contributed by atoms with Crippen LogP contribution in [0.5, 0.6) is 0 Å². The van der Waals surface area contributed by atoms with Crippen molar-refractivity contribution in [1.29, 1.82) is 0 Å². The van der Waals surface area contributed by atoms with E-state index in [0.717, 1.165) is 30.1 Å². The van der Waals surface area contributed by atoms with E-state index >= 15 is 0 Å². The summed E-state index contributed by atoms with van der Waals surface area (Å²) in [5, 5.41) is 7.64. The van der Waals surface area contributed by atoms with Gasteiger partial charge in [0, 0.05) is 37.1 Å². The molecule has 5 heteroatoms. The van der Waals surface area contributed by atoms with E-state index in [4.69, 9.17) is 4.52 Å². The average Bonchev–Trinajstić information content (AvgIpc) is 2.96. The van der Waals surface area contributed by atoms with Crippen LogP contribution in [0.1, 0.15) is 37.8 Å². The Balaban J connectivity index is 2.05. The first-order chi connectivity index (χ1) is 9.38. The lowest BCUT2D eigenvalue weighted by Gasteiger charge is -2.32. The van der Waals surface area contributed by atoms with Crippen molar-refractivity contribution in [2.45, 2.75) is 53.8 Å². The SMILES string of the molecule is Cc1noc(C)c1CNC(Cn1ccnc1)C(C)(C)C. The molecular weight excluding hydrogens is 252 g/mol. The lowest BCUT2D eigenvalue weighted by molar-refractivity contribution is 0.239. The van der Waals surface area contributed by atoms with Gasteiger partial charge in [-0.15, -0.1) is 0 Å². The maximum atomic E-state index is 5.21. The van der Waals surface area contributed by atoms with Crippen LogP contribution < -0.4 is 5.32 Å². The molecule has 2 heterocycles. The zero-order valence-electron chi connectivity index (χ0n) is 13.0. The van der Waals surface area contributed by atoms with Gasteiger partial charge in [0.1, 0.15) is 5.76 Å². The molecule has 0 amide bonds. The van der Waals surface area contributed by atoms with Gasteiger partial charge < -0.3 is 14.4 Å². The maximum absolute atomic E-state index is 5.21. The van der Waals surface area contributed by atoms with Crippen LogP contribution in [0.15, 0.2) is 23.2 Å². The van der Waals surface area contributed by atoms with Crippen LogP contribution in [-0.2, 0) is 13.1 Å². The van der Waals surface area contributed by atoms with E-state index in [1.165, 1.54) is 0 Å². The summed E-state index contributed by atoms with van der Waals surface area (Å²) in [5.74, 6) is 0.894. The van der Waals surface area contributed by atoms with Crippen molar-refractivity contribution in [2.24, 2.45) is 5.41 Å². The summed E-state index contributed by atoms with van der Waals surface area (Å²) >= 11 is 0. The van der Waals surface area contributed by atoms with Crippen molar-refractivity contribution in [2.75, 3.05) is 0 Å². The molecule has 0 spiro atoms. The Morgan fingerprint density at radius 1 is 1.35 bits per heavy atom. The number of nitrogens with one attached hydrogen (secondary N) is 1. The van der Waals surface area contributed by atoms with Gasteiger partial charge in [-0.25, -0.2) is 4.98 Å². The summed E-state index contributed by atoms with van der Waals surface area (Å²) in [6, 6.07) is 0.338. The smallest absolute Gasteiger partial charge is 0.138 e. The molecule has 1 N–H and O–H groups in total. The van der Waals surface area contributed by atoms with Gasteiger partial charge in [0.15, 0.2) is 0 Å². The highest BCUT2D eigenvalue weighted by molar-refractivity contribution is 5.20. The molecule has 110 valence electrons. The fourth-order valence-electron chi connectivity index (χ4n) is 2.23. The molecule has 0 aliphatic carbocycles. The molecule has 2 aromatic rings. The maximum Gasteiger partial charge on any atom is 0.138 e. The summed E-state index contributed by atoms with van der Waals surface area (Å²) in [5.41, 5.74) is 2.28. The fourth-order valence-corrected chi connectivity index (χ4v) is 2.23. The molecule has 0 aromatic carbocycles. The lowest BCUT2D eigenvalue weighted by Crippen LogP contribution is -2.43. The largest absolute Gasteiger partial charge is 0.361 e. The van der Waals surface area contributed by atoms with E-state index in [1.54, 1.807) is 0 Å². The van der Waals surface area contributed by atoms with E-state index in [0.29, 0.717) is 6.04 Å². The molecule has 2 rings (SSSR count). The van der Waals surface area contributed by atoms with Crippen LogP contribution in [0.4, 0.5) is 0 Å². The highest BCUT2D eigenvalue weighted by Gasteiger charge is 2.25. The number of aryl methyl sites for hydroxylation is 2. The highest BCUT2D eigenvalue weighted by atomic mass is 16.5. The molecule has 1 unspecified atom stereocenters. The van der Waals surface area contributed by atoms with Crippen molar-refractivity contribution in [3.63, 3.8) is 0 Å². The van der Waals surface area contributed by atoms with Crippen molar-refractivity contribution >= 4 is 0 Å². The molecule has 0 saturated carbocycles. The van der Waals surface area contributed by atoms with Crippen LogP contribution in [0.3, 0.4) is 0 Å². The number of hydrogen-bond acceptors (Lipinski definition) is 4. The van der Waals surface area contributed by atoms with Gasteiger partial charge in [-0.05, 0) is 19.3 Å². The molecule has 5 nitrogen and oxygen atoms in total. The molecule has 1 atom stereocenters. The Morgan fingerprint density at radius 2 is 2.10 bits per heavy atom. The van der Waals surface area contributed by atoms with Gasteiger partial charge in [-0.3, -0.25) is 0 Å². The number of imidazole rings is 1. The normalized spacial score (nSPS) is 13.7. The molecule has 0 saturated heterocycles. The Labute approximate surface area is 120 Å². The fraction of sp³-hybridized carbons (Fsp3) is 0.600. The highest BCUT2D eigenvalue weighted by Crippen LogP contribution is 2.22. The van der Waals surface area contributed by atoms with Crippen molar-refractivity contribution in [3.05, 3.63) is 35.7 Å². The quantitative estimate of drug-likeness (QED) is 0.912. The first-order valence-electron chi connectivity index (χ1n) is 6.99. The van der Waals surface area contributed by atoms with Crippen LogP contribution in [0.2, 0.25) is 0 Å². The number of rotatable bonds is 5. The van der Waals surface area contributed by atoms with Crippen molar-refractivity contribution < 1.29 is 4.52 Å². The van der Waals surface area contributed by atoms with Gasteiger partial charge in [-0.1, -0.05) is 25.9 Å². The Hall–Kier alpha value is -1.62. The Kier molecular flexibility index (Phi) is 4.28. The molecule has 0 aliphatic heterocycles. The molecule has 0 aliphatic rings. The second kappa shape index (κ2) is 5.79. The van der Waals surface area contributed by atoms with Crippen LogP contribution in [0.25, 0.3) is 0 Å². The minimum absolute atomic E-state index is 0.156. The molecule has 0 bridgehead atoms. The third kappa shape index (κ3) is 3.48. The second-order valence-corrected chi connectivity index (χ2v) is 6.36. The minimum Gasteiger partial charge on any atom is -0.361 e. The molecule has 0 radical (unpaired) electrons.